The Hall–Kier alpha value is -3.09. The summed E-state index contributed by atoms with van der Waals surface area (Å²) < 4.78 is 4.97. The van der Waals surface area contributed by atoms with E-state index in [1.54, 1.807) is 24.3 Å². The van der Waals surface area contributed by atoms with Crippen LogP contribution in [0.25, 0.3) is 0 Å². The first-order valence-electron chi connectivity index (χ1n) is 8.96. The normalized spacial score (nSPS) is 14.6. The molecule has 0 bridgehead atoms. The molecule has 1 aromatic heterocycles. The summed E-state index contributed by atoms with van der Waals surface area (Å²) >= 11 is 0. The van der Waals surface area contributed by atoms with Crippen LogP contribution in [0.5, 0.6) is 0 Å². The monoisotopic (exact) mass is 370 g/mol. The molecular weight excluding hydrogens is 348 g/mol. The van der Waals surface area contributed by atoms with Crippen molar-refractivity contribution in [2.45, 2.75) is 38.1 Å². The number of carbonyl (C=O) groups is 3. The summed E-state index contributed by atoms with van der Waals surface area (Å²) in [7, 11) is 1.84. The Morgan fingerprint density at radius 2 is 1.74 bits per heavy atom. The molecule has 1 aliphatic carbocycles. The number of amides is 2. The minimum Gasteiger partial charge on any atom is -0.478 e. The average molecular weight is 370 g/mol. The predicted octanol–water partition coefficient (Wildman–Crippen LogP) is 3.63. The Bertz CT molecular complexity index is 834. The van der Waals surface area contributed by atoms with E-state index in [-0.39, 0.29) is 23.3 Å². The lowest BCUT2D eigenvalue weighted by atomic mass is 9.94. The molecule has 7 heteroatoms. The van der Waals surface area contributed by atoms with E-state index in [1.165, 1.54) is 6.42 Å². The lowest BCUT2D eigenvalue weighted by Gasteiger charge is -2.31. The van der Waals surface area contributed by atoms with Gasteiger partial charge in [0.15, 0.2) is 5.76 Å². The fourth-order valence-corrected chi connectivity index (χ4v) is 3.29. The van der Waals surface area contributed by atoms with Gasteiger partial charge in [0.05, 0.1) is 5.56 Å². The summed E-state index contributed by atoms with van der Waals surface area (Å²) in [5.74, 6) is -1.84. The van der Waals surface area contributed by atoms with Crippen molar-refractivity contribution < 1.29 is 23.9 Å². The summed E-state index contributed by atoms with van der Waals surface area (Å²) in [6.07, 6.45) is 6.64. The molecule has 0 unspecified atom stereocenters. The average Bonchev–Trinajstić information content (AvgIpc) is 3.19. The van der Waals surface area contributed by atoms with Gasteiger partial charge in [-0.1, -0.05) is 19.3 Å². The molecule has 2 amide bonds. The minimum atomic E-state index is -1.16. The fourth-order valence-electron chi connectivity index (χ4n) is 3.29. The zero-order valence-corrected chi connectivity index (χ0v) is 15.1. The third-order valence-corrected chi connectivity index (χ3v) is 4.90. The van der Waals surface area contributed by atoms with Gasteiger partial charge in [0.2, 0.25) is 0 Å². The van der Waals surface area contributed by atoms with Gasteiger partial charge in [0, 0.05) is 30.4 Å². The van der Waals surface area contributed by atoms with Gasteiger partial charge in [0.1, 0.15) is 6.26 Å². The van der Waals surface area contributed by atoms with Gasteiger partial charge in [-0.15, -0.1) is 0 Å². The number of carboxylic acid groups (broad SMARTS) is 1. The standard InChI is InChI=1S/C20H22N2O5/c1-22(16-5-3-2-4-6-16)19(24)13-7-9-15(10-8-13)21-18(23)17-11-14(12-27-17)20(25)26/h7-12,16H,2-6H2,1H3,(H,21,23)(H,25,26). The van der Waals surface area contributed by atoms with E-state index in [1.807, 2.05) is 11.9 Å². The van der Waals surface area contributed by atoms with Gasteiger partial charge >= 0.3 is 5.97 Å². The second kappa shape index (κ2) is 8.07. The Morgan fingerprint density at radius 3 is 2.33 bits per heavy atom. The molecule has 1 heterocycles. The minimum absolute atomic E-state index is 0.0306. The first-order chi connectivity index (χ1) is 13.0. The third-order valence-electron chi connectivity index (χ3n) is 4.90. The topological polar surface area (TPSA) is 99.9 Å². The molecule has 1 aliphatic rings. The summed E-state index contributed by atoms with van der Waals surface area (Å²) in [4.78, 5) is 37.4. The first kappa shape index (κ1) is 18.7. The molecule has 0 radical (unpaired) electrons. The third kappa shape index (κ3) is 4.36. The van der Waals surface area contributed by atoms with Gasteiger partial charge < -0.3 is 19.7 Å². The predicted molar refractivity (Wildman–Crippen MR) is 99.0 cm³/mol. The molecule has 7 nitrogen and oxygen atoms in total. The Kier molecular flexibility index (Phi) is 5.59. The highest BCUT2D eigenvalue weighted by atomic mass is 16.4. The highest BCUT2D eigenvalue weighted by molar-refractivity contribution is 6.04. The first-order valence-corrected chi connectivity index (χ1v) is 8.96. The number of furan rings is 1. The second-order valence-corrected chi connectivity index (χ2v) is 6.74. The zero-order chi connectivity index (χ0) is 19.4. The highest BCUT2D eigenvalue weighted by Crippen LogP contribution is 2.23. The fraction of sp³-hybridized carbons (Fsp3) is 0.350. The Balaban J connectivity index is 1.63. The van der Waals surface area contributed by atoms with Crippen LogP contribution < -0.4 is 5.32 Å². The number of benzene rings is 1. The van der Waals surface area contributed by atoms with E-state index >= 15 is 0 Å². The van der Waals surface area contributed by atoms with Crippen LogP contribution in [0.4, 0.5) is 5.69 Å². The summed E-state index contributed by atoms with van der Waals surface area (Å²) in [6.45, 7) is 0. The van der Waals surface area contributed by atoms with E-state index in [0.29, 0.717) is 11.3 Å². The van der Waals surface area contributed by atoms with Gasteiger partial charge in [-0.3, -0.25) is 9.59 Å². The van der Waals surface area contributed by atoms with Crippen LogP contribution in [-0.4, -0.2) is 40.9 Å². The smallest absolute Gasteiger partial charge is 0.338 e. The van der Waals surface area contributed by atoms with Crippen molar-refractivity contribution in [1.29, 1.82) is 0 Å². The second-order valence-electron chi connectivity index (χ2n) is 6.74. The van der Waals surface area contributed by atoms with Crippen LogP contribution in [0.3, 0.4) is 0 Å². The summed E-state index contributed by atoms with van der Waals surface area (Å²) in [5, 5.41) is 11.5. The molecule has 27 heavy (non-hydrogen) atoms. The summed E-state index contributed by atoms with van der Waals surface area (Å²) in [6, 6.07) is 8.06. The van der Waals surface area contributed by atoms with Crippen molar-refractivity contribution in [2.75, 3.05) is 12.4 Å². The van der Waals surface area contributed by atoms with Crippen molar-refractivity contribution in [3.05, 3.63) is 53.5 Å². The molecule has 1 fully saturated rings. The SMILES string of the molecule is CN(C(=O)c1ccc(NC(=O)c2cc(C(=O)O)co2)cc1)C1CCCCC1. The zero-order valence-electron chi connectivity index (χ0n) is 15.1. The van der Waals surface area contributed by atoms with Crippen molar-refractivity contribution in [1.82, 2.24) is 4.90 Å². The maximum atomic E-state index is 12.6. The van der Waals surface area contributed by atoms with Gasteiger partial charge in [-0.05, 0) is 37.1 Å². The number of rotatable bonds is 5. The molecule has 0 aliphatic heterocycles. The van der Waals surface area contributed by atoms with Crippen molar-refractivity contribution in [3.63, 3.8) is 0 Å². The molecule has 0 spiro atoms. The number of nitrogens with one attached hydrogen (secondary N) is 1. The number of aromatic carboxylic acids is 1. The highest BCUT2D eigenvalue weighted by Gasteiger charge is 2.23. The van der Waals surface area contributed by atoms with E-state index in [9.17, 15) is 14.4 Å². The molecule has 2 N–H and O–H groups in total. The Morgan fingerprint density at radius 1 is 1.07 bits per heavy atom. The number of nitrogens with zero attached hydrogens (tertiary/aromatic N) is 1. The van der Waals surface area contributed by atoms with Crippen molar-refractivity contribution in [2.24, 2.45) is 0 Å². The number of hydrogen-bond acceptors (Lipinski definition) is 4. The molecule has 0 saturated heterocycles. The van der Waals surface area contributed by atoms with E-state index < -0.39 is 11.9 Å². The lowest BCUT2D eigenvalue weighted by Crippen LogP contribution is -2.38. The molecule has 142 valence electrons. The van der Waals surface area contributed by atoms with E-state index in [0.717, 1.165) is 38.0 Å². The van der Waals surface area contributed by atoms with Crippen LogP contribution in [0.2, 0.25) is 0 Å². The van der Waals surface area contributed by atoms with Crippen LogP contribution >= 0.6 is 0 Å². The maximum Gasteiger partial charge on any atom is 0.338 e. The molecular formula is C20H22N2O5. The van der Waals surface area contributed by atoms with E-state index in [4.69, 9.17) is 9.52 Å². The van der Waals surface area contributed by atoms with Gasteiger partial charge in [-0.25, -0.2) is 4.79 Å². The number of hydrogen-bond donors (Lipinski definition) is 2. The number of carbonyl (C=O) groups excluding carboxylic acids is 2. The van der Waals surface area contributed by atoms with Crippen molar-refractivity contribution in [3.8, 4) is 0 Å². The van der Waals surface area contributed by atoms with Gasteiger partial charge in [0.25, 0.3) is 11.8 Å². The Labute approximate surface area is 157 Å². The van der Waals surface area contributed by atoms with Crippen LogP contribution in [-0.2, 0) is 0 Å². The van der Waals surface area contributed by atoms with Gasteiger partial charge in [-0.2, -0.15) is 0 Å². The summed E-state index contributed by atoms with van der Waals surface area (Å²) in [5.41, 5.74) is 0.962. The largest absolute Gasteiger partial charge is 0.478 e. The molecule has 2 aromatic rings. The molecule has 3 rings (SSSR count). The lowest BCUT2D eigenvalue weighted by molar-refractivity contribution is 0.0687. The number of carboxylic acids is 1. The maximum absolute atomic E-state index is 12.6. The van der Waals surface area contributed by atoms with Crippen LogP contribution in [0.1, 0.15) is 63.4 Å². The van der Waals surface area contributed by atoms with Crippen molar-refractivity contribution >= 4 is 23.5 Å². The quantitative estimate of drug-likeness (QED) is 0.837. The molecule has 1 saturated carbocycles. The van der Waals surface area contributed by atoms with Crippen LogP contribution in [0.15, 0.2) is 41.0 Å². The number of anilines is 1. The molecule has 1 aromatic carbocycles. The molecule has 0 atom stereocenters. The van der Waals surface area contributed by atoms with Crippen LogP contribution in [0, 0.1) is 0 Å². The van der Waals surface area contributed by atoms with E-state index in [2.05, 4.69) is 5.32 Å².